The van der Waals surface area contributed by atoms with Gasteiger partial charge in [-0.15, -0.1) is 0 Å². The molecule has 4 heteroatoms. The third-order valence-electron chi connectivity index (χ3n) is 3.63. The molecule has 0 atom stereocenters. The predicted octanol–water partition coefficient (Wildman–Crippen LogP) is 4.10. The maximum Gasteiger partial charge on any atom is 0.185 e. The quantitative estimate of drug-likeness (QED) is 0.533. The average Bonchev–Trinajstić information content (AvgIpc) is 3.21. The van der Waals surface area contributed by atoms with Crippen LogP contribution in [-0.2, 0) is 0 Å². The standard InChI is InChI=1S/C18H12N2O2/c21-11-13-9-10-18(22-13)14-5-1-3-7-16(14)20-12-19-15-6-2-4-8-17(15)20/h1-12H. The van der Waals surface area contributed by atoms with Gasteiger partial charge in [0.2, 0.25) is 0 Å². The summed E-state index contributed by atoms with van der Waals surface area (Å²) in [7, 11) is 0. The largest absolute Gasteiger partial charge is 0.453 e. The zero-order chi connectivity index (χ0) is 14.9. The third-order valence-corrected chi connectivity index (χ3v) is 3.63. The molecule has 4 nitrogen and oxygen atoms in total. The lowest BCUT2D eigenvalue weighted by Gasteiger charge is -2.09. The van der Waals surface area contributed by atoms with E-state index in [0.717, 1.165) is 22.3 Å². The second-order valence-electron chi connectivity index (χ2n) is 4.94. The fourth-order valence-electron chi connectivity index (χ4n) is 2.60. The van der Waals surface area contributed by atoms with Crippen LogP contribution >= 0.6 is 0 Å². The molecule has 0 aliphatic carbocycles. The summed E-state index contributed by atoms with van der Waals surface area (Å²) in [5.74, 6) is 0.982. The van der Waals surface area contributed by atoms with Crippen LogP contribution in [0.25, 0.3) is 28.0 Å². The third kappa shape index (κ3) is 1.93. The number of rotatable bonds is 3. The number of carbonyl (C=O) groups is 1. The molecular weight excluding hydrogens is 276 g/mol. The Labute approximate surface area is 126 Å². The summed E-state index contributed by atoms with van der Waals surface area (Å²) in [6.45, 7) is 0. The smallest absolute Gasteiger partial charge is 0.185 e. The van der Waals surface area contributed by atoms with Crippen molar-refractivity contribution >= 4 is 17.3 Å². The van der Waals surface area contributed by atoms with Crippen LogP contribution in [-0.4, -0.2) is 15.8 Å². The summed E-state index contributed by atoms with van der Waals surface area (Å²) in [5, 5.41) is 0. The van der Waals surface area contributed by atoms with E-state index in [-0.39, 0.29) is 0 Å². The average molecular weight is 288 g/mol. The number of imidazole rings is 1. The molecule has 0 fully saturated rings. The first-order valence-corrected chi connectivity index (χ1v) is 6.94. The molecule has 0 N–H and O–H groups in total. The lowest BCUT2D eigenvalue weighted by atomic mass is 10.1. The minimum atomic E-state index is 0.320. The Balaban J connectivity index is 1.94. The van der Waals surface area contributed by atoms with E-state index in [2.05, 4.69) is 4.98 Å². The van der Waals surface area contributed by atoms with Crippen LogP contribution in [0.15, 0.2) is 71.4 Å². The van der Waals surface area contributed by atoms with Crippen LogP contribution in [0.3, 0.4) is 0 Å². The fourth-order valence-corrected chi connectivity index (χ4v) is 2.60. The molecule has 4 aromatic rings. The Morgan fingerprint density at radius 1 is 0.955 bits per heavy atom. The van der Waals surface area contributed by atoms with Crippen LogP contribution in [0, 0.1) is 0 Å². The number of aromatic nitrogens is 2. The molecule has 0 radical (unpaired) electrons. The number of hydrogen-bond acceptors (Lipinski definition) is 3. The number of aldehydes is 1. The SMILES string of the molecule is O=Cc1ccc(-c2ccccc2-n2cnc3ccccc32)o1. The highest BCUT2D eigenvalue weighted by Crippen LogP contribution is 2.30. The van der Waals surface area contributed by atoms with Crippen molar-refractivity contribution < 1.29 is 9.21 Å². The van der Waals surface area contributed by atoms with E-state index in [1.807, 2.05) is 59.2 Å². The number of hydrogen-bond donors (Lipinski definition) is 0. The fraction of sp³-hybridized carbons (Fsp3) is 0. The molecule has 0 aliphatic rings. The first-order valence-electron chi connectivity index (χ1n) is 6.94. The molecule has 0 saturated heterocycles. The Morgan fingerprint density at radius 2 is 1.77 bits per heavy atom. The van der Waals surface area contributed by atoms with Gasteiger partial charge in [0.15, 0.2) is 12.0 Å². The number of carbonyl (C=O) groups excluding carboxylic acids is 1. The van der Waals surface area contributed by atoms with Crippen molar-refractivity contribution in [2.45, 2.75) is 0 Å². The first kappa shape index (κ1) is 12.6. The van der Waals surface area contributed by atoms with Gasteiger partial charge in [-0.25, -0.2) is 4.98 Å². The van der Waals surface area contributed by atoms with Crippen LogP contribution in [0.5, 0.6) is 0 Å². The Morgan fingerprint density at radius 3 is 2.64 bits per heavy atom. The van der Waals surface area contributed by atoms with Gasteiger partial charge in [-0.05, 0) is 36.4 Å². The first-order chi connectivity index (χ1) is 10.9. The number of para-hydroxylation sites is 3. The van der Waals surface area contributed by atoms with Gasteiger partial charge in [0.05, 0.1) is 16.7 Å². The number of nitrogens with zero attached hydrogens (tertiary/aromatic N) is 2. The second-order valence-corrected chi connectivity index (χ2v) is 4.94. The summed E-state index contributed by atoms with van der Waals surface area (Å²) < 4.78 is 7.59. The summed E-state index contributed by atoms with van der Waals surface area (Å²) in [6, 6.07) is 19.3. The van der Waals surface area contributed by atoms with Gasteiger partial charge in [0, 0.05) is 5.56 Å². The van der Waals surface area contributed by atoms with Crippen molar-refractivity contribution in [1.29, 1.82) is 0 Å². The predicted molar refractivity (Wildman–Crippen MR) is 84.2 cm³/mol. The molecule has 0 aliphatic heterocycles. The van der Waals surface area contributed by atoms with E-state index < -0.39 is 0 Å². The summed E-state index contributed by atoms with van der Waals surface area (Å²) in [6.07, 6.45) is 2.51. The van der Waals surface area contributed by atoms with Gasteiger partial charge in [0.1, 0.15) is 12.1 Å². The molecule has 2 heterocycles. The topological polar surface area (TPSA) is 48.0 Å². The monoisotopic (exact) mass is 288 g/mol. The van der Waals surface area contributed by atoms with Crippen molar-refractivity contribution in [2.24, 2.45) is 0 Å². The molecule has 2 aromatic heterocycles. The van der Waals surface area contributed by atoms with E-state index >= 15 is 0 Å². The highest BCUT2D eigenvalue weighted by atomic mass is 16.3. The van der Waals surface area contributed by atoms with Crippen LogP contribution in [0.4, 0.5) is 0 Å². The van der Waals surface area contributed by atoms with E-state index in [4.69, 9.17) is 4.42 Å². The van der Waals surface area contributed by atoms with E-state index in [0.29, 0.717) is 17.8 Å². The molecule has 0 bridgehead atoms. The van der Waals surface area contributed by atoms with Crippen LogP contribution in [0.2, 0.25) is 0 Å². The van der Waals surface area contributed by atoms with Crippen molar-refractivity contribution in [1.82, 2.24) is 9.55 Å². The highest BCUT2D eigenvalue weighted by molar-refractivity contribution is 5.81. The molecule has 106 valence electrons. The van der Waals surface area contributed by atoms with E-state index in [9.17, 15) is 4.79 Å². The van der Waals surface area contributed by atoms with Gasteiger partial charge in [0.25, 0.3) is 0 Å². The molecule has 0 unspecified atom stereocenters. The Kier molecular flexibility index (Phi) is 2.86. The maximum absolute atomic E-state index is 10.8. The minimum Gasteiger partial charge on any atom is -0.453 e. The number of fused-ring (bicyclic) bond motifs is 1. The number of benzene rings is 2. The van der Waals surface area contributed by atoms with Gasteiger partial charge < -0.3 is 4.42 Å². The summed E-state index contributed by atoms with van der Waals surface area (Å²) in [4.78, 5) is 15.3. The van der Waals surface area contributed by atoms with Crippen molar-refractivity contribution in [2.75, 3.05) is 0 Å². The zero-order valence-corrected chi connectivity index (χ0v) is 11.6. The van der Waals surface area contributed by atoms with Gasteiger partial charge >= 0.3 is 0 Å². The van der Waals surface area contributed by atoms with Gasteiger partial charge in [-0.1, -0.05) is 24.3 Å². The van der Waals surface area contributed by atoms with Crippen molar-refractivity contribution in [3.05, 3.63) is 72.8 Å². The van der Waals surface area contributed by atoms with Crippen LogP contribution < -0.4 is 0 Å². The lowest BCUT2D eigenvalue weighted by Crippen LogP contribution is -1.94. The zero-order valence-electron chi connectivity index (χ0n) is 11.6. The Hall–Kier alpha value is -3.14. The lowest BCUT2D eigenvalue weighted by molar-refractivity contribution is 0.110. The maximum atomic E-state index is 10.8. The van der Waals surface area contributed by atoms with Gasteiger partial charge in [-0.3, -0.25) is 9.36 Å². The molecule has 4 rings (SSSR count). The molecular formula is C18H12N2O2. The molecule has 0 spiro atoms. The molecule has 0 amide bonds. The van der Waals surface area contributed by atoms with Crippen LogP contribution in [0.1, 0.15) is 10.6 Å². The number of furan rings is 1. The molecule has 2 aromatic carbocycles. The van der Waals surface area contributed by atoms with Gasteiger partial charge in [-0.2, -0.15) is 0 Å². The van der Waals surface area contributed by atoms with E-state index in [1.165, 1.54) is 0 Å². The minimum absolute atomic E-state index is 0.320. The van der Waals surface area contributed by atoms with Crippen molar-refractivity contribution in [3.63, 3.8) is 0 Å². The highest BCUT2D eigenvalue weighted by Gasteiger charge is 2.12. The molecule has 0 saturated carbocycles. The Bertz CT molecular complexity index is 966. The molecule has 22 heavy (non-hydrogen) atoms. The summed E-state index contributed by atoms with van der Waals surface area (Å²) in [5.41, 5.74) is 3.84. The van der Waals surface area contributed by atoms with E-state index in [1.54, 1.807) is 12.4 Å². The summed E-state index contributed by atoms with van der Waals surface area (Å²) >= 11 is 0. The van der Waals surface area contributed by atoms with Crippen molar-refractivity contribution in [3.8, 4) is 17.0 Å². The second kappa shape index (κ2) is 5.00. The normalized spacial score (nSPS) is 10.9.